The SMILES string of the molecule is CC(=O)OC(O)CN. The van der Waals surface area contributed by atoms with E-state index in [1.165, 1.54) is 6.92 Å². The third kappa shape index (κ3) is 3.58. The molecular weight excluding hydrogens is 110 g/mol. The zero-order valence-corrected chi connectivity index (χ0v) is 4.63. The van der Waals surface area contributed by atoms with E-state index in [0.717, 1.165) is 0 Å². The van der Waals surface area contributed by atoms with E-state index >= 15 is 0 Å². The summed E-state index contributed by atoms with van der Waals surface area (Å²) in [6.45, 7) is 1.15. The summed E-state index contributed by atoms with van der Waals surface area (Å²) in [5.41, 5.74) is 4.89. The van der Waals surface area contributed by atoms with Gasteiger partial charge >= 0.3 is 5.97 Å². The zero-order chi connectivity index (χ0) is 6.57. The minimum atomic E-state index is -1.15. The standard InChI is InChI=1S/C4H9NO3/c1-3(6)8-4(7)2-5/h4,7H,2,5H2,1H3. The number of aliphatic hydroxyl groups excluding tert-OH is 1. The molecule has 8 heavy (non-hydrogen) atoms. The minimum Gasteiger partial charge on any atom is -0.435 e. The Balaban J connectivity index is 3.24. The molecule has 0 aliphatic carbocycles. The molecule has 4 nitrogen and oxygen atoms in total. The number of hydrogen-bond acceptors (Lipinski definition) is 4. The third-order valence-electron chi connectivity index (χ3n) is 0.504. The molecule has 0 spiro atoms. The second-order valence-electron chi connectivity index (χ2n) is 1.30. The Hall–Kier alpha value is -0.610. The van der Waals surface area contributed by atoms with Crippen molar-refractivity contribution in [1.82, 2.24) is 0 Å². The van der Waals surface area contributed by atoms with Gasteiger partial charge in [0, 0.05) is 6.92 Å². The first kappa shape index (κ1) is 7.39. The molecule has 0 aliphatic heterocycles. The Morgan fingerprint density at radius 3 is 2.62 bits per heavy atom. The third-order valence-corrected chi connectivity index (χ3v) is 0.504. The topological polar surface area (TPSA) is 72.5 Å². The first-order valence-electron chi connectivity index (χ1n) is 2.22. The predicted molar refractivity (Wildman–Crippen MR) is 26.8 cm³/mol. The van der Waals surface area contributed by atoms with Crippen LogP contribution < -0.4 is 5.73 Å². The van der Waals surface area contributed by atoms with Crippen LogP contribution in [-0.4, -0.2) is 23.9 Å². The average molecular weight is 119 g/mol. The van der Waals surface area contributed by atoms with Gasteiger partial charge in [0.15, 0.2) is 0 Å². The van der Waals surface area contributed by atoms with Gasteiger partial charge in [-0.1, -0.05) is 0 Å². The second kappa shape index (κ2) is 3.40. The largest absolute Gasteiger partial charge is 0.435 e. The highest BCUT2D eigenvalue weighted by Gasteiger charge is 2.01. The molecule has 0 bridgehead atoms. The second-order valence-corrected chi connectivity index (χ2v) is 1.30. The number of hydrogen-bond donors (Lipinski definition) is 2. The molecule has 0 heterocycles. The normalized spacial score (nSPS) is 12.9. The zero-order valence-electron chi connectivity index (χ0n) is 4.63. The molecule has 0 fully saturated rings. The summed E-state index contributed by atoms with van der Waals surface area (Å²) in [5.74, 6) is -0.525. The van der Waals surface area contributed by atoms with Gasteiger partial charge in [0.2, 0.25) is 6.29 Å². The van der Waals surface area contributed by atoms with Crippen LogP contribution in [0, 0.1) is 0 Å². The maximum atomic E-state index is 9.98. The van der Waals surface area contributed by atoms with Crippen molar-refractivity contribution in [2.45, 2.75) is 13.2 Å². The lowest BCUT2D eigenvalue weighted by Gasteiger charge is -2.05. The van der Waals surface area contributed by atoms with Crippen molar-refractivity contribution in [1.29, 1.82) is 0 Å². The summed E-state index contributed by atoms with van der Waals surface area (Å²) in [5, 5.41) is 8.46. The number of rotatable bonds is 2. The smallest absolute Gasteiger partial charge is 0.304 e. The molecule has 0 aliphatic rings. The van der Waals surface area contributed by atoms with Crippen LogP contribution in [0.1, 0.15) is 6.92 Å². The summed E-state index contributed by atoms with van der Waals surface area (Å²) in [6.07, 6.45) is -1.15. The van der Waals surface area contributed by atoms with Crippen LogP contribution in [0.2, 0.25) is 0 Å². The quantitative estimate of drug-likeness (QED) is 0.355. The molecular formula is C4H9NO3. The highest BCUT2D eigenvalue weighted by molar-refractivity contribution is 5.65. The fraction of sp³-hybridized carbons (Fsp3) is 0.750. The van der Waals surface area contributed by atoms with Crippen LogP contribution in [0.25, 0.3) is 0 Å². The van der Waals surface area contributed by atoms with Crippen molar-refractivity contribution in [3.63, 3.8) is 0 Å². The molecule has 0 aromatic carbocycles. The number of ether oxygens (including phenoxy) is 1. The van der Waals surface area contributed by atoms with Crippen LogP contribution in [0.5, 0.6) is 0 Å². The summed E-state index contributed by atoms with van der Waals surface area (Å²) in [4.78, 5) is 9.98. The van der Waals surface area contributed by atoms with Crippen molar-refractivity contribution < 1.29 is 14.6 Å². The van der Waals surface area contributed by atoms with Gasteiger partial charge in [0.1, 0.15) is 0 Å². The van der Waals surface area contributed by atoms with Crippen molar-refractivity contribution >= 4 is 5.97 Å². The highest BCUT2D eigenvalue weighted by Crippen LogP contribution is 1.81. The predicted octanol–water partition coefficient (Wildman–Crippen LogP) is -1.17. The van der Waals surface area contributed by atoms with Crippen LogP contribution in [-0.2, 0) is 9.53 Å². The van der Waals surface area contributed by atoms with E-state index in [0.29, 0.717) is 0 Å². The number of carbonyl (C=O) groups excluding carboxylic acids is 1. The van der Waals surface area contributed by atoms with Gasteiger partial charge in [-0.2, -0.15) is 0 Å². The van der Waals surface area contributed by atoms with Gasteiger partial charge in [-0.15, -0.1) is 0 Å². The first-order valence-corrected chi connectivity index (χ1v) is 2.22. The highest BCUT2D eigenvalue weighted by atomic mass is 16.6. The van der Waals surface area contributed by atoms with Crippen molar-refractivity contribution in [3.05, 3.63) is 0 Å². The van der Waals surface area contributed by atoms with Gasteiger partial charge in [0.25, 0.3) is 0 Å². The van der Waals surface area contributed by atoms with Crippen LogP contribution in [0.3, 0.4) is 0 Å². The Bertz CT molecular complexity index is 83.4. The number of esters is 1. The fourth-order valence-electron chi connectivity index (χ4n) is 0.240. The molecule has 0 rings (SSSR count). The number of nitrogens with two attached hydrogens (primary N) is 1. The Morgan fingerprint density at radius 1 is 2.00 bits per heavy atom. The lowest BCUT2D eigenvalue weighted by atomic mass is 10.6. The van der Waals surface area contributed by atoms with Gasteiger partial charge in [-0.05, 0) is 0 Å². The van der Waals surface area contributed by atoms with E-state index < -0.39 is 12.3 Å². The molecule has 0 amide bonds. The van der Waals surface area contributed by atoms with Gasteiger partial charge < -0.3 is 15.6 Å². The summed E-state index contributed by atoms with van der Waals surface area (Å²) < 4.78 is 4.19. The molecule has 0 radical (unpaired) electrons. The molecule has 0 saturated heterocycles. The lowest BCUT2D eigenvalue weighted by molar-refractivity contribution is -0.163. The van der Waals surface area contributed by atoms with E-state index in [2.05, 4.69) is 4.74 Å². The van der Waals surface area contributed by atoms with Crippen LogP contribution in [0.15, 0.2) is 0 Å². The number of carbonyl (C=O) groups is 1. The summed E-state index contributed by atoms with van der Waals surface area (Å²) in [7, 11) is 0. The Morgan fingerprint density at radius 2 is 2.50 bits per heavy atom. The molecule has 1 atom stereocenters. The van der Waals surface area contributed by atoms with Crippen molar-refractivity contribution in [3.8, 4) is 0 Å². The van der Waals surface area contributed by atoms with Gasteiger partial charge in [-0.3, -0.25) is 4.79 Å². The van der Waals surface area contributed by atoms with Crippen LogP contribution >= 0.6 is 0 Å². The average Bonchev–Trinajstić information content (AvgIpc) is 1.65. The fourth-order valence-corrected chi connectivity index (χ4v) is 0.240. The van der Waals surface area contributed by atoms with Gasteiger partial charge in [-0.25, -0.2) is 0 Å². The Kier molecular flexibility index (Phi) is 3.14. The molecule has 48 valence electrons. The number of aliphatic hydroxyl groups is 1. The van der Waals surface area contributed by atoms with Crippen LogP contribution in [0.4, 0.5) is 0 Å². The van der Waals surface area contributed by atoms with Crippen molar-refractivity contribution in [2.24, 2.45) is 5.73 Å². The minimum absolute atomic E-state index is 0.0560. The maximum Gasteiger partial charge on any atom is 0.304 e. The first-order chi connectivity index (χ1) is 3.66. The molecule has 3 N–H and O–H groups in total. The van der Waals surface area contributed by atoms with E-state index in [1.807, 2.05) is 0 Å². The summed E-state index contributed by atoms with van der Waals surface area (Å²) >= 11 is 0. The molecule has 1 unspecified atom stereocenters. The van der Waals surface area contributed by atoms with E-state index in [4.69, 9.17) is 10.8 Å². The molecule has 0 saturated carbocycles. The lowest BCUT2D eigenvalue weighted by Crippen LogP contribution is -2.24. The summed E-state index contributed by atoms with van der Waals surface area (Å²) in [6, 6.07) is 0. The van der Waals surface area contributed by atoms with E-state index in [9.17, 15) is 4.79 Å². The van der Waals surface area contributed by atoms with Gasteiger partial charge in [0.05, 0.1) is 6.54 Å². The Labute approximate surface area is 47.2 Å². The molecule has 0 aromatic rings. The molecule has 0 aromatic heterocycles. The maximum absolute atomic E-state index is 9.98. The van der Waals surface area contributed by atoms with E-state index in [-0.39, 0.29) is 6.54 Å². The van der Waals surface area contributed by atoms with Crippen molar-refractivity contribution in [2.75, 3.05) is 6.54 Å². The monoisotopic (exact) mass is 119 g/mol. The van der Waals surface area contributed by atoms with E-state index in [1.54, 1.807) is 0 Å². The molecule has 4 heteroatoms.